The highest BCUT2D eigenvalue weighted by atomic mass is 32.2. The van der Waals surface area contributed by atoms with E-state index in [1.807, 2.05) is 0 Å². The van der Waals surface area contributed by atoms with E-state index in [0.29, 0.717) is 5.25 Å². The Morgan fingerprint density at radius 3 is 3.18 bits per heavy atom. The van der Waals surface area contributed by atoms with E-state index in [4.69, 9.17) is 5.73 Å². The SMILES string of the molecule is C[C@@H]1SC[C@]2(N)NC(=O)N[C@H]12. The van der Waals surface area contributed by atoms with Gasteiger partial charge in [0.1, 0.15) is 5.66 Å². The Morgan fingerprint density at radius 2 is 2.55 bits per heavy atom. The highest BCUT2D eigenvalue weighted by molar-refractivity contribution is 8.00. The van der Waals surface area contributed by atoms with Gasteiger partial charge in [-0.2, -0.15) is 11.8 Å². The van der Waals surface area contributed by atoms with Crippen LogP contribution in [0.25, 0.3) is 0 Å². The van der Waals surface area contributed by atoms with Gasteiger partial charge >= 0.3 is 6.03 Å². The quantitative estimate of drug-likeness (QED) is 0.431. The Bertz CT molecular complexity index is 210. The number of carbonyl (C=O) groups excluding carboxylic acids is 1. The topological polar surface area (TPSA) is 67.1 Å². The second-order valence-corrected chi connectivity index (χ2v) is 4.50. The van der Waals surface area contributed by atoms with Crippen molar-refractivity contribution in [2.45, 2.75) is 23.9 Å². The number of urea groups is 1. The van der Waals surface area contributed by atoms with E-state index in [2.05, 4.69) is 17.6 Å². The number of hydrogen-bond acceptors (Lipinski definition) is 3. The van der Waals surface area contributed by atoms with E-state index in [9.17, 15) is 4.79 Å². The summed E-state index contributed by atoms with van der Waals surface area (Å²) in [6.07, 6.45) is 0. The molecule has 0 aliphatic carbocycles. The molecule has 0 saturated carbocycles. The molecule has 62 valence electrons. The maximum Gasteiger partial charge on any atom is 0.316 e. The lowest BCUT2D eigenvalue weighted by Crippen LogP contribution is -2.58. The molecule has 2 aliphatic heterocycles. The summed E-state index contributed by atoms with van der Waals surface area (Å²) in [5.41, 5.74) is 5.43. The molecule has 0 radical (unpaired) electrons. The number of carbonyl (C=O) groups is 1. The summed E-state index contributed by atoms with van der Waals surface area (Å²) < 4.78 is 0. The molecule has 2 fully saturated rings. The smallest absolute Gasteiger partial charge is 0.316 e. The Labute approximate surface area is 69.3 Å². The predicted molar refractivity (Wildman–Crippen MR) is 44.3 cm³/mol. The second-order valence-electron chi connectivity index (χ2n) is 3.13. The van der Waals surface area contributed by atoms with Crippen molar-refractivity contribution >= 4 is 17.8 Å². The first kappa shape index (κ1) is 7.24. The molecule has 2 amide bonds. The van der Waals surface area contributed by atoms with Crippen LogP contribution in [-0.4, -0.2) is 28.7 Å². The largest absolute Gasteiger partial charge is 0.330 e. The van der Waals surface area contributed by atoms with Gasteiger partial charge in [0.25, 0.3) is 0 Å². The standard InChI is InChI=1S/C6H11N3OS/c1-3-4-6(7,2-11-3)9-5(10)8-4/h3-4H,2,7H2,1H3,(H2,8,9,10)/t3-,4+,6-/m0/s1. The monoisotopic (exact) mass is 173 g/mol. The number of hydrogen-bond donors (Lipinski definition) is 3. The van der Waals surface area contributed by atoms with Crippen LogP contribution in [-0.2, 0) is 0 Å². The molecular formula is C6H11N3OS. The number of rotatable bonds is 0. The van der Waals surface area contributed by atoms with E-state index in [1.54, 1.807) is 11.8 Å². The Hall–Kier alpha value is -0.420. The summed E-state index contributed by atoms with van der Waals surface area (Å²) in [6.45, 7) is 2.08. The predicted octanol–water partition coefficient (Wildman–Crippen LogP) is -0.542. The van der Waals surface area contributed by atoms with Crippen LogP contribution in [0.5, 0.6) is 0 Å². The van der Waals surface area contributed by atoms with Crippen LogP contribution in [0.1, 0.15) is 6.92 Å². The van der Waals surface area contributed by atoms with E-state index in [-0.39, 0.29) is 12.1 Å². The fraction of sp³-hybridized carbons (Fsp3) is 0.833. The zero-order valence-corrected chi connectivity index (χ0v) is 7.07. The van der Waals surface area contributed by atoms with Crippen molar-refractivity contribution < 1.29 is 4.79 Å². The molecule has 4 N–H and O–H groups in total. The van der Waals surface area contributed by atoms with E-state index in [0.717, 1.165) is 5.75 Å². The maximum absolute atomic E-state index is 10.9. The first-order chi connectivity index (χ1) is 5.12. The van der Waals surface area contributed by atoms with Crippen LogP contribution in [0.15, 0.2) is 0 Å². The van der Waals surface area contributed by atoms with Gasteiger partial charge in [0.05, 0.1) is 6.04 Å². The Balaban J connectivity index is 2.24. The number of amides is 2. The fourth-order valence-electron chi connectivity index (χ4n) is 1.62. The lowest BCUT2D eigenvalue weighted by molar-refractivity contribution is 0.245. The van der Waals surface area contributed by atoms with Gasteiger partial charge in [0.2, 0.25) is 0 Å². The second kappa shape index (κ2) is 2.04. The molecule has 3 atom stereocenters. The van der Waals surface area contributed by atoms with Crippen LogP contribution in [0.2, 0.25) is 0 Å². The molecule has 5 heteroatoms. The van der Waals surface area contributed by atoms with Crippen LogP contribution < -0.4 is 16.4 Å². The van der Waals surface area contributed by atoms with Crippen molar-refractivity contribution in [1.82, 2.24) is 10.6 Å². The van der Waals surface area contributed by atoms with Crippen LogP contribution >= 0.6 is 11.8 Å². The van der Waals surface area contributed by atoms with Gasteiger partial charge in [-0.1, -0.05) is 6.92 Å². The zero-order chi connectivity index (χ0) is 8.06. The summed E-state index contributed by atoms with van der Waals surface area (Å²) in [5, 5.41) is 5.96. The Morgan fingerprint density at radius 1 is 1.82 bits per heavy atom. The van der Waals surface area contributed by atoms with Crippen molar-refractivity contribution in [1.29, 1.82) is 0 Å². The van der Waals surface area contributed by atoms with Crippen molar-refractivity contribution in [2.24, 2.45) is 5.73 Å². The minimum atomic E-state index is -0.499. The van der Waals surface area contributed by atoms with Gasteiger partial charge in [-0.25, -0.2) is 4.79 Å². The van der Waals surface area contributed by atoms with Gasteiger partial charge in [-0.3, -0.25) is 0 Å². The van der Waals surface area contributed by atoms with Crippen molar-refractivity contribution in [3.63, 3.8) is 0 Å². The highest BCUT2D eigenvalue weighted by Gasteiger charge is 2.51. The lowest BCUT2D eigenvalue weighted by atomic mass is 10.0. The van der Waals surface area contributed by atoms with Gasteiger partial charge in [-0.05, 0) is 0 Å². The van der Waals surface area contributed by atoms with Gasteiger partial charge in [0, 0.05) is 11.0 Å². The molecule has 0 unspecified atom stereocenters. The Kier molecular flexibility index (Phi) is 1.34. The highest BCUT2D eigenvalue weighted by Crippen LogP contribution is 2.33. The number of nitrogens with one attached hydrogen (secondary N) is 2. The lowest BCUT2D eigenvalue weighted by Gasteiger charge is -2.21. The normalized spacial score (nSPS) is 48.4. The summed E-state index contributed by atoms with van der Waals surface area (Å²) in [4.78, 5) is 10.9. The van der Waals surface area contributed by atoms with E-state index >= 15 is 0 Å². The molecule has 0 bridgehead atoms. The third kappa shape index (κ3) is 0.911. The van der Waals surface area contributed by atoms with Crippen molar-refractivity contribution in [2.75, 3.05) is 5.75 Å². The summed E-state index contributed by atoms with van der Waals surface area (Å²) in [7, 11) is 0. The zero-order valence-electron chi connectivity index (χ0n) is 6.26. The molecule has 0 aromatic carbocycles. The fourth-order valence-corrected chi connectivity index (χ4v) is 2.92. The number of nitrogens with two attached hydrogens (primary N) is 1. The molecule has 0 aromatic heterocycles. The molecule has 0 spiro atoms. The van der Waals surface area contributed by atoms with Crippen LogP contribution in [0.3, 0.4) is 0 Å². The van der Waals surface area contributed by atoms with Crippen LogP contribution in [0.4, 0.5) is 4.79 Å². The molecule has 4 nitrogen and oxygen atoms in total. The van der Waals surface area contributed by atoms with Gasteiger partial charge < -0.3 is 16.4 Å². The van der Waals surface area contributed by atoms with E-state index in [1.165, 1.54) is 0 Å². The average molecular weight is 173 g/mol. The van der Waals surface area contributed by atoms with Gasteiger partial charge in [-0.15, -0.1) is 0 Å². The number of fused-ring (bicyclic) bond motifs is 1. The van der Waals surface area contributed by atoms with Crippen molar-refractivity contribution in [3.8, 4) is 0 Å². The first-order valence-corrected chi connectivity index (χ1v) is 4.66. The number of thioether (sulfide) groups is 1. The third-order valence-corrected chi connectivity index (χ3v) is 3.68. The molecule has 2 heterocycles. The van der Waals surface area contributed by atoms with E-state index < -0.39 is 5.66 Å². The third-order valence-electron chi connectivity index (χ3n) is 2.24. The average Bonchev–Trinajstić information content (AvgIpc) is 2.32. The summed E-state index contributed by atoms with van der Waals surface area (Å²) >= 11 is 1.79. The minimum absolute atomic E-state index is 0.0972. The molecule has 2 rings (SSSR count). The summed E-state index contributed by atoms with van der Waals surface area (Å²) in [6, 6.07) is -0.0374. The summed E-state index contributed by atoms with van der Waals surface area (Å²) in [5.74, 6) is 0.803. The van der Waals surface area contributed by atoms with Crippen molar-refractivity contribution in [3.05, 3.63) is 0 Å². The molecule has 2 aliphatic rings. The first-order valence-electron chi connectivity index (χ1n) is 3.61. The van der Waals surface area contributed by atoms with Gasteiger partial charge in [0.15, 0.2) is 0 Å². The molecule has 0 aromatic rings. The molecular weight excluding hydrogens is 162 g/mol. The molecule has 11 heavy (non-hydrogen) atoms. The maximum atomic E-state index is 10.9. The minimum Gasteiger partial charge on any atom is -0.330 e. The van der Waals surface area contributed by atoms with Crippen LogP contribution in [0, 0.1) is 0 Å². The molecule has 2 saturated heterocycles.